The molecule has 0 saturated carbocycles. The molecule has 0 unspecified atom stereocenters. The van der Waals surface area contributed by atoms with Crippen LogP contribution in [-0.2, 0) is 0 Å². The van der Waals surface area contributed by atoms with Crippen molar-refractivity contribution in [2.24, 2.45) is 0 Å². The molecule has 2 aromatic carbocycles. The van der Waals surface area contributed by atoms with E-state index < -0.39 is 4.92 Å². The van der Waals surface area contributed by atoms with Crippen molar-refractivity contribution in [2.75, 3.05) is 0 Å². The van der Waals surface area contributed by atoms with Gasteiger partial charge in [0.25, 0.3) is 5.69 Å². The zero-order chi connectivity index (χ0) is 17.6. The summed E-state index contributed by atoms with van der Waals surface area (Å²) >= 11 is 0. The van der Waals surface area contributed by atoms with Crippen LogP contribution in [0.3, 0.4) is 0 Å². The third-order valence-electron chi connectivity index (χ3n) is 4.20. The molecule has 0 saturated heterocycles. The van der Waals surface area contributed by atoms with Crippen LogP contribution in [0, 0.1) is 21.4 Å². The first kappa shape index (κ1) is 14.7. The number of non-ortho nitro benzene ring substituents is 1. The number of hydrogen-bond donors (Lipinski definition) is 0. The van der Waals surface area contributed by atoms with Crippen LogP contribution in [0.2, 0.25) is 0 Å². The van der Waals surface area contributed by atoms with E-state index in [1.807, 2.05) is 12.1 Å². The highest BCUT2D eigenvalue weighted by Gasteiger charge is 2.32. The van der Waals surface area contributed by atoms with Gasteiger partial charge in [0.05, 0.1) is 21.7 Å². The molecule has 25 heavy (non-hydrogen) atoms. The molecular weight excluding hydrogens is 318 g/mol. The quantitative estimate of drug-likeness (QED) is 0.412. The third-order valence-corrected chi connectivity index (χ3v) is 4.20. The lowest BCUT2D eigenvalue weighted by Gasteiger charge is -2.09. The van der Waals surface area contributed by atoms with Crippen molar-refractivity contribution in [1.29, 1.82) is 5.26 Å². The zero-order valence-electron chi connectivity index (χ0n) is 12.8. The van der Waals surface area contributed by atoms with E-state index in [9.17, 15) is 20.2 Å². The topological polar surface area (TPSA) is 96.9 Å². The number of nitro groups is 1. The SMILES string of the molecule is N#Cc1cnc2c(c1-c1cccc([N+](=O)[O-])c1)C(=O)c1ccccc1-2. The number of pyridine rings is 1. The van der Waals surface area contributed by atoms with Crippen LogP contribution in [0.1, 0.15) is 21.5 Å². The zero-order valence-corrected chi connectivity index (χ0v) is 12.8. The lowest BCUT2D eigenvalue weighted by atomic mass is 9.94. The second kappa shape index (κ2) is 5.35. The van der Waals surface area contributed by atoms with Gasteiger partial charge in [0.15, 0.2) is 5.78 Å². The van der Waals surface area contributed by atoms with Gasteiger partial charge in [-0.3, -0.25) is 19.9 Å². The minimum Gasteiger partial charge on any atom is -0.288 e. The van der Waals surface area contributed by atoms with E-state index in [4.69, 9.17) is 0 Å². The van der Waals surface area contributed by atoms with Crippen LogP contribution >= 0.6 is 0 Å². The van der Waals surface area contributed by atoms with Crippen LogP contribution in [0.15, 0.2) is 54.7 Å². The first-order valence-electron chi connectivity index (χ1n) is 7.44. The molecule has 0 fully saturated rings. The molecule has 1 heterocycles. The summed E-state index contributed by atoms with van der Waals surface area (Å²) < 4.78 is 0. The summed E-state index contributed by atoms with van der Waals surface area (Å²) in [5.74, 6) is -0.225. The van der Waals surface area contributed by atoms with Crippen molar-refractivity contribution in [3.63, 3.8) is 0 Å². The Hall–Kier alpha value is -3.85. The second-order valence-corrected chi connectivity index (χ2v) is 5.56. The fraction of sp³-hybridized carbons (Fsp3) is 0. The van der Waals surface area contributed by atoms with Crippen molar-refractivity contribution in [3.05, 3.63) is 81.5 Å². The van der Waals surface area contributed by atoms with E-state index in [2.05, 4.69) is 4.98 Å². The molecule has 1 aliphatic carbocycles. The van der Waals surface area contributed by atoms with Crippen molar-refractivity contribution in [2.45, 2.75) is 0 Å². The first-order chi connectivity index (χ1) is 12.1. The highest BCUT2D eigenvalue weighted by molar-refractivity contribution is 6.24. The predicted octanol–water partition coefficient (Wildman–Crippen LogP) is 3.74. The van der Waals surface area contributed by atoms with Crippen molar-refractivity contribution in [3.8, 4) is 28.5 Å². The normalized spacial score (nSPS) is 11.6. The number of carbonyl (C=O) groups is 1. The smallest absolute Gasteiger partial charge is 0.270 e. The van der Waals surface area contributed by atoms with E-state index in [1.165, 1.54) is 24.4 Å². The Balaban J connectivity index is 2.05. The molecule has 3 aromatic rings. The fourth-order valence-corrected chi connectivity index (χ4v) is 3.12. The van der Waals surface area contributed by atoms with E-state index in [-0.39, 0.29) is 17.0 Å². The molecule has 118 valence electrons. The lowest BCUT2D eigenvalue weighted by Crippen LogP contribution is -2.02. The molecular formula is C19H9N3O3. The standard InChI is InChI=1S/C19H9N3O3/c20-9-12-10-21-18-14-6-1-2-7-15(14)19(23)17(18)16(12)11-4-3-5-13(8-11)22(24)25/h1-8,10H. The second-order valence-electron chi connectivity index (χ2n) is 5.56. The number of hydrogen-bond acceptors (Lipinski definition) is 5. The summed E-state index contributed by atoms with van der Waals surface area (Å²) in [5.41, 5.74) is 2.99. The number of nitriles is 1. The van der Waals surface area contributed by atoms with Crippen molar-refractivity contribution in [1.82, 2.24) is 4.98 Å². The third kappa shape index (κ3) is 2.11. The maximum Gasteiger partial charge on any atom is 0.270 e. The Morgan fingerprint density at radius 3 is 2.52 bits per heavy atom. The molecule has 0 atom stereocenters. The van der Waals surface area contributed by atoms with Gasteiger partial charge in [-0.15, -0.1) is 0 Å². The largest absolute Gasteiger partial charge is 0.288 e. The van der Waals surface area contributed by atoms with Gasteiger partial charge in [0.1, 0.15) is 6.07 Å². The lowest BCUT2D eigenvalue weighted by molar-refractivity contribution is -0.384. The van der Waals surface area contributed by atoms with Gasteiger partial charge in [-0.05, 0) is 5.56 Å². The Labute approximate surface area is 142 Å². The molecule has 0 spiro atoms. The molecule has 1 aliphatic rings. The Morgan fingerprint density at radius 1 is 1.04 bits per heavy atom. The first-order valence-corrected chi connectivity index (χ1v) is 7.44. The average molecular weight is 327 g/mol. The summed E-state index contributed by atoms with van der Waals surface area (Å²) in [4.78, 5) is 27.7. The van der Waals surface area contributed by atoms with Gasteiger partial charge in [-0.2, -0.15) is 5.26 Å². The monoisotopic (exact) mass is 327 g/mol. The highest BCUT2D eigenvalue weighted by Crippen LogP contribution is 2.41. The molecule has 1 aromatic heterocycles. The molecule has 4 rings (SSSR count). The molecule has 0 N–H and O–H groups in total. The maximum atomic E-state index is 12.9. The highest BCUT2D eigenvalue weighted by atomic mass is 16.6. The molecule has 6 nitrogen and oxygen atoms in total. The number of fused-ring (bicyclic) bond motifs is 3. The molecule has 0 radical (unpaired) electrons. The molecule has 6 heteroatoms. The average Bonchev–Trinajstić information content (AvgIpc) is 2.94. The van der Waals surface area contributed by atoms with E-state index in [1.54, 1.807) is 24.3 Å². The molecule has 0 aliphatic heterocycles. The van der Waals surface area contributed by atoms with Gasteiger partial charge in [0.2, 0.25) is 0 Å². The molecule has 0 amide bonds. The van der Waals surface area contributed by atoms with Crippen LogP contribution in [0.25, 0.3) is 22.4 Å². The molecule has 0 bridgehead atoms. The summed E-state index contributed by atoms with van der Waals surface area (Å²) in [6, 6.07) is 15.1. The van der Waals surface area contributed by atoms with Gasteiger partial charge in [0, 0.05) is 35.0 Å². The van der Waals surface area contributed by atoms with Gasteiger partial charge >= 0.3 is 0 Å². The predicted molar refractivity (Wildman–Crippen MR) is 89.9 cm³/mol. The van der Waals surface area contributed by atoms with Gasteiger partial charge in [-0.1, -0.05) is 36.4 Å². The Morgan fingerprint density at radius 2 is 1.80 bits per heavy atom. The number of aromatic nitrogens is 1. The van der Waals surface area contributed by atoms with Crippen LogP contribution < -0.4 is 0 Å². The van der Waals surface area contributed by atoms with E-state index in [0.29, 0.717) is 33.5 Å². The van der Waals surface area contributed by atoms with Crippen LogP contribution in [0.4, 0.5) is 5.69 Å². The fourth-order valence-electron chi connectivity index (χ4n) is 3.12. The summed E-state index contributed by atoms with van der Waals surface area (Å²) in [7, 11) is 0. The van der Waals surface area contributed by atoms with E-state index in [0.717, 1.165) is 0 Å². The van der Waals surface area contributed by atoms with E-state index >= 15 is 0 Å². The number of nitro benzene ring substituents is 1. The minimum absolute atomic E-state index is 0.102. The van der Waals surface area contributed by atoms with Crippen LogP contribution in [-0.4, -0.2) is 15.7 Å². The summed E-state index contributed by atoms with van der Waals surface area (Å²) in [6.07, 6.45) is 1.41. The minimum atomic E-state index is -0.506. The van der Waals surface area contributed by atoms with Crippen molar-refractivity contribution < 1.29 is 9.72 Å². The Bertz CT molecular complexity index is 1110. The summed E-state index contributed by atoms with van der Waals surface area (Å²) in [6.45, 7) is 0. The van der Waals surface area contributed by atoms with Gasteiger partial charge < -0.3 is 0 Å². The van der Waals surface area contributed by atoms with Crippen LogP contribution in [0.5, 0.6) is 0 Å². The summed E-state index contributed by atoms with van der Waals surface area (Å²) in [5, 5.41) is 20.5. The maximum absolute atomic E-state index is 12.9. The van der Waals surface area contributed by atoms with Crippen molar-refractivity contribution >= 4 is 11.5 Å². The Kier molecular flexibility index (Phi) is 3.15. The van der Waals surface area contributed by atoms with Gasteiger partial charge in [-0.25, -0.2) is 0 Å². The number of carbonyl (C=O) groups excluding carboxylic acids is 1. The number of benzene rings is 2. The number of nitrogens with zero attached hydrogens (tertiary/aromatic N) is 3. The number of rotatable bonds is 2. The number of ketones is 1.